The Morgan fingerprint density at radius 3 is 2.93 bits per heavy atom. The van der Waals surface area contributed by atoms with Crippen LogP contribution in [0.15, 0.2) is 0 Å². The van der Waals surface area contributed by atoms with Crippen molar-refractivity contribution in [3.05, 3.63) is 15.6 Å². The highest BCUT2D eigenvalue weighted by atomic mass is 32.1. The molecule has 2 heterocycles. The van der Waals surface area contributed by atoms with Crippen molar-refractivity contribution in [2.75, 3.05) is 13.6 Å². The first kappa shape index (κ1) is 10.1. The summed E-state index contributed by atoms with van der Waals surface area (Å²) in [6.45, 7) is 3.92. The SMILES string of the molecule is Cc1sc(CN)nc1C1CCCN1C. The standard InChI is InChI=1S/C10H17N3S/c1-7-10(12-9(6-11)14-7)8-4-3-5-13(8)2/h8H,3-6,11H2,1-2H3. The summed E-state index contributed by atoms with van der Waals surface area (Å²) in [7, 11) is 2.18. The van der Waals surface area contributed by atoms with E-state index in [1.165, 1.54) is 30.0 Å². The highest BCUT2D eigenvalue weighted by Gasteiger charge is 2.26. The molecule has 1 atom stereocenters. The fraction of sp³-hybridized carbons (Fsp3) is 0.700. The number of nitrogens with two attached hydrogens (primary N) is 1. The summed E-state index contributed by atoms with van der Waals surface area (Å²) in [5.41, 5.74) is 6.86. The van der Waals surface area contributed by atoms with E-state index in [2.05, 4.69) is 23.9 Å². The zero-order chi connectivity index (χ0) is 10.1. The van der Waals surface area contributed by atoms with Crippen LogP contribution < -0.4 is 5.73 Å². The third-order valence-corrected chi connectivity index (χ3v) is 3.90. The maximum absolute atomic E-state index is 5.60. The van der Waals surface area contributed by atoms with E-state index in [1.807, 2.05) is 0 Å². The average Bonchev–Trinajstić information content (AvgIpc) is 2.72. The summed E-state index contributed by atoms with van der Waals surface area (Å²) in [5.74, 6) is 0. The molecule has 1 fully saturated rings. The van der Waals surface area contributed by atoms with Crippen LogP contribution in [0.3, 0.4) is 0 Å². The molecule has 0 aromatic carbocycles. The van der Waals surface area contributed by atoms with Gasteiger partial charge < -0.3 is 5.73 Å². The van der Waals surface area contributed by atoms with Crippen molar-refractivity contribution in [2.24, 2.45) is 5.73 Å². The molecule has 0 radical (unpaired) electrons. The highest BCUT2D eigenvalue weighted by molar-refractivity contribution is 7.11. The van der Waals surface area contributed by atoms with Crippen molar-refractivity contribution in [2.45, 2.75) is 32.4 Å². The molecular formula is C10H17N3S. The molecule has 2 N–H and O–H groups in total. The van der Waals surface area contributed by atoms with Crippen molar-refractivity contribution in [3.63, 3.8) is 0 Å². The minimum absolute atomic E-state index is 0.534. The van der Waals surface area contributed by atoms with Crippen LogP contribution in [0.4, 0.5) is 0 Å². The fourth-order valence-corrected chi connectivity index (χ4v) is 2.98. The van der Waals surface area contributed by atoms with Gasteiger partial charge in [0, 0.05) is 11.4 Å². The maximum Gasteiger partial charge on any atom is 0.107 e. The Labute approximate surface area is 88.9 Å². The molecule has 14 heavy (non-hydrogen) atoms. The van der Waals surface area contributed by atoms with E-state index in [9.17, 15) is 0 Å². The first-order valence-corrected chi connectivity index (χ1v) is 5.90. The molecular weight excluding hydrogens is 194 g/mol. The average molecular weight is 211 g/mol. The molecule has 1 saturated heterocycles. The van der Waals surface area contributed by atoms with Crippen LogP contribution in [-0.4, -0.2) is 23.5 Å². The Balaban J connectivity index is 2.26. The van der Waals surface area contributed by atoms with E-state index in [0.717, 1.165) is 5.01 Å². The number of aromatic nitrogens is 1. The van der Waals surface area contributed by atoms with E-state index in [0.29, 0.717) is 12.6 Å². The van der Waals surface area contributed by atoms with Crippen LogP contribution in [0.5, 0.6) is 0 Å². The van der Waals surface area contributed by atoms with Crippen molar-refractivity contribution >= 4 is 11.3 Å². The predicted octanol–water partition coefficient (Wildman–Crippen LogP) is 1.68. The molecule has 0 saturated carbocycles. The highest BCUT2D eigenvalue weighted by Crippen LogP contribution is 2.33. The number of likely N-dealkylation sites (tertiary alicyclic amines) is 1. The number of hydrogen-bond donors (Lipinski definition) is 1. The first-order chi connectivity index (χ1) is 6.72. The molecule has 1 unspecified atom stereocenters. The van der Waals surface area contributed by atoms with Gasteiger partial charge in [-0.05, 0) is 33.4 Å². The van der Waals surface area contributed by atoms with E-state index < -0.39 is 0 Å². The van der Waals surface area contributed by atoms with Gasteiger partial charge in [-0.3, -0.25) is 4.90 Å². The van der Waals surface area contributed by atoms with Crippen LogP contribution in [0.1, 0.15) is 34.5 Å². The number of nitrogens with zero attached hydrogens (tertiary/aromatic N) is 2. The molecule has 1 aliphatic heterocycles. The van der Waals surface area contributed by atoms with Gasteiger partial charge in [-0.15, -0.1) is 11.3 Å². The Morgan fingerprint density at radius 2 is 2.43 bits per heavy atom. The second-order valence-corrected chi connectivity index (χ2v) is 5.18. The van der Waals surface area contributed by atoms with E-state index in [4.69, 9.17) is 5.73 Å². The smallest absolute Gasteiger partial charge is 0.107 e. The number of hydrogen-bond acceptors (Lipinski definition) is 4. The first-order valence-electron chi connectivity index (χ1n) is 5.09. The maximum atomic E-state index is 5.60. The fourth-order valence-electron chi connectivity index (χ4n) is 2.12. The molecule has 1 aliphatic rings. The van der Waals surface area contributed by atoms with Gasteiger partial charge in [0.2, 0.25) is 0 Å². The lowest BCUT2D eigenvalue weighted by Gasteiger charge is -2.17. The minimum Gasteiger partial charge on any atom is -0.325 e. The van der Waals surface area contributed by atoms with Crippen molar-refractivity contribution in [1.29, 1.82) is 0 Å². The van der Waals surface area contributed by atoms with Crippen LogP contribution in [0.25, 0.3) is 0 Å². The van der Waals surface area contributed by atoms with Gasteiger partial charge in [0.05, 0.1) is 11.7 Å². The lowest BCUT2D eigenvalue weighted by molar-refractivity contribution is 0.311. The second-order valence-electron chi connectivity index (χ2n) is 3.89. The van der Waals surface area contributed by atoms with E-state index in [1.54, 1.807) is 11.3 Å². The summed E-state index contributed by atoms with van der Waals surface area (Å²) in [5, 5.41) is 1.07. The minimum atomic E-state index is 0.534. The zero-order valence-electron chi connectivity index (χ0n) is 8.79. The van der Waals surface area contributed by atoms with Crippen LogP contribution in [0, 0.1) is 6.92 Å². The third-order valence-electron chi connectivity index (χ3n) is 2.89. The summed E-state index contributed by atoms with van der Waals surface area (Å²) in [4.78, 5) is 8.34. The van der Waals surface area contributed by atoms with Gasteiger partial charge in [0.25, 0.3) is 0 Å². The molecule has 0 amide bonds. The Bertz CT molecular complexity index is 321. The van der Waals surface area contributed by atoms with Crippen molar-refractivity contribution < 1.29 is 0 Å². The normalized spacial score (nSPS) is 23.2. The van der Waals surface area contributed by atoms with Gasteiger partial charge in [0.1, 0.15) is 5.01 Å². The topological polar surface area (TPSA) is 42.1 Å². The molecule has 2 rings (SSSR count). The predicted molar refractivity (Wildman–Crippen MR) is 59.3 cm³/mol. The lowest BCUT2D eigenvalue weighted by atomic mass is 10.1. The Hall–Kier alpha value is -0.450. The molecule has 0 bridgehead atoms. The number of rotatable bonds is 2. The van der Waals surface area contributed by atoms with E-state index in [-0.39, 0.29) is 0 Å². The van der Waals surface area contributed by atoms with Crippen LogP contribution in [0.2, 0.25) is 0 Å². The number of thiazole rings is 1. The molecule has 3 nitrogen and oxygen atoms in total. The summed E-state index contributed by atoms with van der Waals surface area (Å²) in [6.07, 6.45) is 2.53. The van der Waals surface area contributed by atoms with Crippen LogP contribution >= 0.6 is 11.3 Å². The van der Waals surface area contributed by atoms with Crippen molar-refractivity contribution in [1.82, 2.24) is 9.88 Å². The summed E-state index contributed by atoms with van der Waals surface area (Å²) in [6, 6.07) is 0.534. The van der Waals surface area contributed by atoms with Gasteiger partial charge in [-0.2, -0.15) is 0 Å². The van der Waals surface area contributed by atoms with Gasteiger partial charge in [-0.25, -0.2) is 4.98 Å². The van der Waals surface area contributed by atoms with Crippen molar-refractivity contribution in [3.8, 4) is 0 Å². The Kier molecular flexibility index (Phi) is 2.85. The van der Waals surface area contributed by atoms with Gasteiger partial charge >= 0.3 is 0 Å². The third kappa shape index (κ3) is 1.69. The Morgan fingerprint density at radius 1 is 1.64 bits per heavy atom. The molecule has 0 spiro atoms. The molecule has 1 aromatic heterocycles. The second kappa shape index (κ2) is 3.96. The molecule has 0 aliphatic carbocycles. The molecule has 4 heteroatoms. The zero-order valence-corrected chi connectivity index (χ0v) is 9.60. The van der Waals surface area contributed by atoms with E-state index >= 15 is 0 Å². The molecule has 78 valence electrons. The largest absolute Gasteiger partial charge is 0.325 e. The molecule has 1 aromatic rings. The van der Waals surface area contributed by atoms with Gasteiger partial charge in [-0.1, -0.05) is 0 Å². The monoisotopic (exact) mass is 211 g/mol. The summed E-state index contributed by atoms with van der Waals surface area (Å²) >= 11 is 1.74. The quantitative estimate of drug-likeness (QED) is 0.809. The van der Waals surface area contributed by atoms with Crippen LogP contribution in [-0.2, 0) is 6.54 Å². The lowest BCUT2D eigenvalue weighted by Crippen LogP contribution is -2.18. The number of aryl methyl sites for hydroxylation is 1. The van der Waals surface area contributed by atoms with Gasteiger partial charge in [0.15, 0.2) is 0 Å². The summed E-state index contributed by atoms with van der Waals surface area (Å²) < 4.78 is 0.